The van der Waals surface area contributed by atoms with Gasteiger partial charge in [-0.1, -0.05) is 12.1 Å². The predicted molar refractivity (Wildman–Crippen MR) is 81.2 cm³/mol. The Morgan fingerprint density at radius 3 is 1.87 bits per heavy atom. The van der Waals surface area contributed by atoms with Crippen molar-refractivity contribution in [3.8, 4) is 11.5 Å². The average molecular weight is 319 g/mol. The lowest BCUT2D eigenvalue weighted by molar-refractivity contribution is -0.162. The van der Waals surface area contributed by atoms with Gasteiger partial charge < -0.3 is 9.47 Å². The molecule has 1 atom stereocenters. The molecule has 1 aliphatic heterocycles. The summed E-state index contributed by atoms with van der Waals surface area (Å²) < 4.78 is 38.3. The molecule has 1 saturated heterocycles. The maximum atomic E-state index is 14.1. The van der Waals surface area contributed by atoms with Crippen LogP contribution in [0.1, 0.15) is 11.6 Å². The molecule has 6 heteroatoms. The van der Waals surface area contributed by atoms with E-state index >= 15 is 0 Å². The summed E-state index contributed by atoms with van der Waals surface area (Å²) in [5.41, 5.74) is 0.758. The molecule has 120 valence electrons. The molecule has 2 aromatic carbocycles. The third kappa shape index (κ3) is 2.40. The Labute approximate surface area is 132 Å². The van der Waals surface area contributed by atoms with Gasteiger partial charge in [-0.3, -0.25) is 9.69 Å². The second kappa shape index (κ2) is 5.53. The summed E-state index contributed by atoms with van der Waals surface area (Å²) >= 11 is 0. The zero-order valence-corrected chi connectivity index (χ0v) is 12.6. The maximum Gasteiger partial charge on any atom is 0.349 e. The number of hydrogen-bond acceptors (Lipinski definition) is 3. The van der Waals surface area contributed by atoms with Gasteiger partial charge in [0.15, 0.2) is 0 Å². The number of nitrogens with zero attached hydrogens (tertiary/aromatic N) is 1. The van der Waals surface area contributed by atoms with E-state index in [1.165, 1.54) is 14.2 Å². The van der Waals surface area contributed by atoms with Crippen molar-refractivity contribution in [2.75, 3.05) is 19.1 Å². The third-order valence-electron chi connectivity index (χ3n) is 3.89. The van der Waals surface area contributed by atoms with Crippen LogP contribution in [0.5, 0.6) is 11.5 Å². The van der Waals surface area contributed by atoms with E-state index in [-0.39, 0.29) is 0 Å². The van der Waals surface area contributed by atoms with Crippen LogP contribution in [-0.4, -0.2) is 26.0 Å². The van der Waals surface area contributed by atoms with E-state index in [0.717, 1.165) is 4.90 Å². The maximum absolute atomic E-state index is 14.1. The molecule has 0 radical (unpaired) electrons. The Hall–Kier alpha value is -2.63. The summed E-state index contributed by atoms with van der Waals surface area (Å²) in [4.78, 5) is 13.0. The summed E-state index contributed by atoms with van der Waals surface area (Å²) in [6, 6.07) is 11.4. The summed E-state index contributed by atoms with van der Waals surface area (Å²) in [5, 5.41) is 0. The summed E-state index contributed by atoms with van der Waals surface area (Å²) in [5.74, 6) is -3.47. The van der Waals surface area contributed by atoms with Gasteiger partial charge in [-0.05, 0) is 42.0 Å². The van der Waals surface area contributed by atoms with E-state index in [1.54, 1.807) is 48.5 Å². The largest absolute Gasteiger partial charge is 0.497 e. The van der Waals surface area contributed by atoms with Gasteiger partial charge in [-0.25, -0.2) is 0 Å². The smallest absolute Gasteiger partial charge is 0.349 e. The molecule has 4 nitrogen and oxygen atoms in total. The summed E-state index contributed by atoms with van der Waals surface area (Å²) in [6.07, 6.45) is 0. The van der Waals surface area contributed by atoms with Crippen molar-refractivity contribution in [2.45, 2.75) is 12.0 Å². The molecule has 1 unspecified atom stereocenters. The van der Waals surface area contributed by atoms with Crippen molar-refractivity contribution in [3.63, 3.8) is 0 Å². The van der Waals surface area contributed by atoms with Crippen LogP contribution in [0.2, 0.25) is 0 Å². The van der Waals surface area contributed by atoms with Crippen LogP contribution in [0.15, 0.2) is 48.5 Å². The van der Waals surface area contributed by atoms with Crippen LogP contribution >= 0.6 is 0 Å². The molecule has 0 spiro atoms. The first-order chi connectivity index (χ1) is 11.0. The highest BCUT2D eigenvalue weighted by atomic mass is 19.3. The zero-order valence-electron chi connectivity index (χ0n) is 12.6. The van der Waals surface area contributed by atoms with Gasteiger partial charge in [-0.2, -0.15) is 8.78 Å². The molecule has 0 bridgehead atoms. The molecule has 0 N–H and O–H groups in total. The van der Waals surface area contributed by atoms with Crippen molar-refractivity contribution >= 4 is 11.6 Å². The number of ether oxygens (including phenoxy) is 2. The monoisotopic (exact) mass is 319 g/mol. The van der Waals surface area contributed by atoms with E-state index in [4.69, 9.17) is 9.47 Å². The third-order valence-corrected chi connectivity index (χ3v) is 3.89. The van der Waals surface area contributed by atoms with E-state index in [9.17, 15) is 13.6 Å². The molecular weight excluding hydrogens is 304 g/mol. The minimum atomic E-state index is -3.42. The topological polar surface area (TPSA) is 38.8 Å². The lowest BCUT2D eigenvalue weighted by Gasteiger charge is -2.46. The molecule has 0 aromatic heterocycles. The Balaban J connectivity index is 1.95. The van der Waals surface area contributed by atoms with Crippen LogP contribution < -0.4 is 14.4 Å². The van der Waals surface area contributed by atoms with Crippen LogP contribution in [0, 0.1) is 0 Å². The Bertz CT molecular complexity index is 714. The minimum absolute atomic E-state index is 0.353. The highest BCUT2D eigenvalue weighted by Crippen LogP contribution is 2.49. The first-order valence-electron chi connectivity index (χ1n) is 6.98. The number of halogens is 2. The van der Waals surface area contributed by atoms with Gasteiger partial charge in [0.1, 0.15) is 17.5 Å². The Kier molecular flexibility index (Phi) is 3.67. The van der Waals surface area contributed by atoms with Crippen LogP contribution in [0.4, 0.5) is 14.5 Å². The van der Waals surface area contributed by atoms with Gasteiger partial charge in [0.25, 0.3) is 0 Å². The Morgan fingerprint density at radius 1 is 0.913 bits per heavy atom. The number of hydrogen-bond donors (Lipinski definition) is 0. The quantitative estimate of drug-likeness (QED) is 0.811. The van der Waals surface area contributed by atoms with Crippen LogP contribution in [-0.2, 0) is 4.79 Å². The van der Waals surface area contributed by atoms with Crippen molar-refractivity contribution in [3.05, 3.63) is 54.1 Å². The number of rotatable bonds is 4. The van der Waals surface area contributed by atoms with Gasteiger partial charge in [0.2, 0.25) is 0 Å². The van der Waals surface area contributed by atoms with Crippen LogP contribution in [0.25, 0.3) is 0 Å². The summed E-state index contributed by atoms with van der Waals surface area (Å²) in [6.45, 7) is 0. The summed E-state index contributed by atoms with van der Waals surface area (Å²) in [7, 11) is 3.01. The number of alkyl halides is 2. The zero-order chi connectivity index (χ0) is 16.6. The second-order valence-electron chi connectivity index (χ2n) is 5.17. The molecule has 0 aliphatic carbocycles. The number of benzene rings is 2. The first kappa shape index (κ1) is 15.3. The molecular formula is C17H15F2NO3. The van der Waals surface area contributed by atoms with Crippen molar-refractivity contribution in [1.82, 2.24) is 0 Å². The normalized spacial score (nSPS) is 19.2. The van der Waals surface area contributed by atoms with Crippen molar-refractivity contribution in [2.24, 2.45) is 0 Å². The molecule has 1 fully saturated rings. The fourth-order valence-corrected chi connectivity index (χ4v) is 2.64. The number of methoxy groups -OCH3 is 2. The number of carbonyl (C=O) groups is 1. The molecule has 1 heterocycles. The van der Waals surface area contributed by atoms with Crippen molar-refractivity contribution < 1.29 is 23.0 Å². The highest BCUT2D eigenvalue weighted by molar-refractivity contribution is 6.07. The van der Waals surface area contributed by atoms with Gasteiger partial charge in [0.05, 0.1) is 14.2 Å². The lowest BCUT2D eigenvalue weighted by atomic mass is 9.89. The SMILES string of the molecule is COc1ccc(C2N(c3ccc(OC)cc3)C(=O)C2(F)F)cc1. The first-order valence-corrected chi connectivity index (χ1v) is 6.98. The molecule has 0 saturated carbocycles. The highest BCUT2D eigenvalue weighted by Gasteiger charge is 2.64. The average Bonchev–Trinajstić information content (AvgIpc) is 2.59. The van der Waals surface area contributed by atoms with E-state index in [1.807, 2.05) is 0 Å². The molecule has 1 amide bonds. The fourth-order valence-electron chi connectivity index (χ4n) is 2.64. The van der Waals surface area contributed by atoms with Gasteiger partial charge in [-0.15, -0.1) is 0 Å². The number of carbonyl (C=O) groups excluding carboxylic acids is 1. The van der Waals surface area contributed by atoms with Gasteiger partial charge >= 0.3 is 11.8 Å². The second-order valence-corrected chi connectivity index (χ2v) is 5.17. The van der Waals surface area contributed by atoms with Gasteiger partial charge in [0, 0.05) is 5.69 Å². The number of amides is 1. The number of anilines is 1. The molecule has 1 aliphatic rings. The number of β-lactam (4-membered cyclic amide) rings is 1. The molecule has 23 heavy (non-hydrogen) atoms. The standard InChI is InChI=1S/C17H15F2NO3/c1-22-13-7-3-11(4-8-13)15-17(18,19)16(21)20(15)12-5-9-14(23-2)10-6-12/h3-10,15H,1-2H3. The fraction of sp³-hybridized carbons (Fsp3) is 0.235. The van der Waals surface area contributed by atoms with E-state index < -0.39 is 17.9 Å². The Morgan fingerprint density at radius 2 is 1.39 bits per heavy atom. The van der Waals surface area contributed by atoms with E-state index in [2.05, 4.69) is 0 Å². The lowest BCUT2D eigenvalue weighted by Crippen LogP contribution is -2.64. The van der Waals surface area contributed by atoms with E-state index in [0.29, 0.717) is 22.7 Å². The van der Waals surface area contributed by atoms with Crippen molar-refractivity contribution in [1.29, 1.82) is 0 Å². The predicted octanol–water partition coefficient (Wildman–Crippen LogP) is 3.43. The minimum Gasteiger partial charge on any atom is -0.497 e. The molecule has 2 aromatic rings. The van der Waals surface area contributed by atoms with Crippen LogP contribution in [0.3, 0.4) is 0 Å². The molecule has 3 rings (SSSR count).